The van der Waals surface area contributed by atoms with E-state index in [1.165, 1.54) is 7.11 Å². The summed E-state index contributed by atoms with van der Waals surface area (Å²) in [7, 11) is 1.51. The summed E-state index contributed by atoms with van der Waals surface area (Å²) in [5.74, 6) is 0.246. The van der Waals surface area contributed by atoms with Crippen LogP contribution >= 0.6 is 0 Å². The number of hydrazine groups is 1. The number of hydrogen-bond donors (Lipinski definition) is 1. The number of rotatable bonds is 5. The molecule has 0 bridgehead atoms. The quantitative estimate of drug-likeness (QED) is 0.907. The van der Waals surface area contributed by atoms with Gasteiger partial charge < -0.3 is 4.74 Å². The highest BCUT2D eigenvalue weighted by Crippen LogP contribution is 2.29. The van der Waals surface area contributed by atoms with Gasteiger partial charge in [0, 0.05) is 13.0 Å². The third-order valence-electron chi connectivity index (χ3n) is 3.44. The van der Waals surface area contributed by atoms with Crippen molar-refractivity contribution < 1.29 is 22.7 Å². The van der Waals surface area contributed by atoms with E-state index in [4.69, 9.17) is 4.74 Å². The molecule has 0 aliphatic carbocycles. The van der Waals surface area contributed by atoms with Gasteiger partial charge in [-0.1, -0.05) is 12.1 Å². The van der Waals surface area contributed by atoms with Crippen LogP contribution in [0.5, 0.6) is 5.75 Å². The van der Waals surface area contributed by atoms with Gasteiger partial charge in [-0.05, 0) is 30.5 Å². The first-order valence-corrected chi connectivity index (χ1v) is 6.66. The lowest BCUT2D eigenvalue weighted by Crippen LogP contribution is -2.50. The predicted molar refractivity (Wildman–Crippen MR) is 70.6 cm³/mol. The molecule has 1 N–H and O–H groups in total. The second-order valence-corrected chi connectivity index (χ2v) is 4.93. The monoisotopic (exact) mass is 302 g/mol. The van der Waals surface area contributed by atoms with Crippen molar-refractivity contribution >= 4 is 5.91 Å². The van der Waals surface area contributed by atoms with E-state index in [1.54, 1.807) is 24.3 Å². The summed E-state index contributed by atoms with van der Waals surface area (Å²) >= 11 is 0. The highest BCUT2D eigenvalue weighted by Gasteiger charge is 2.45. The Labute approximate surface area is 120 Å². The summed E-state index contributed by atoms with van der Waals surface area (Å²) in [5.41, 5.74) is 3.04. The van der Waals surface area contributed by atoms with E-state index in [-0.39, 0.29) is 31.7 Å². The van der Waals surface area contributed by atoms with Crippen molar-refractivity contribution in [3.63, 3.8) is 0 Å². The van der Waals surface area contributed by atoms with Gasteiger partial charge in [0.25, 0.3) is 0 Å². The van der Waals surface area contributed by atoms with Crippen LogP contribution in [0.2, 0.25) is 0 Å². The summed E-state index contributed by atoms with van der Waals surface area (Å²) in [5, 5.41) is 0.989. The smallest absolute Gasteiger partial charge is 0.405 e. The van der Waals surface area contributed by atoms with Crippen molar-refractivity contribution in [1.29, 1.82) is 0 Å². The molecule has 116 valence electrons. The van der Waals surface area contributed by atoms with Crippen LogP contribution in [-0.2, 0) is 11.2 Å². The molecular weight excluding hydrogens is 285 g/mol. The van der Waals surface area contributed by atoms with Crippen molar-refractivity contribution in [3.8, 4) is 5.75 Å². The Hall–Kier alpha value is -1.76. The van der Waals surface area contributed by atoms with Gasteiger partial charge >= 0.3 is 6.18 Å². The number of alkyl halides is 3. The van der Waals surface area contributed by atoms with Crippen molar-refractivity contribution in [2.75, 3.05) is 13.7 Å². The highest BCUT2D eigenvalue weighted by molar-refractivity contribution is 5.77. The average molecular weight is 302 g/mol. The molecule has 1 aromatic rings. The van der Waals surface area contributed by atoms with Crippen molar-refractivity contribution in [2.45, 2.75) is 31.5 Å². The van der Waals surface area contributed by atoms with Crippen LogP contribution in [0.4, 0.5) is 13.2 Å². The summed E-state index contributed by atoms with van der Waals surface area (Å²) < 4.78 is 44.4. The summed E-state index contributed by atoms with van der Waals surface area (Å²) in [6.45, 7) is 0.0844. The van der Waals surface area contributed by atoms with Gasteiger partial charge in [-0.15, -0.1) is 0 Å². The van der Waals surface area contributed by atoms with Gasteiger partial charge in [0.15, 0.2) is 0 Å². The largest absolute Gasteiger partial charge is 0.497 e. The molecule has 21 heavy (non-hydrogen) atoms. The molecule has 1 aliphatic rings. The first-order valence-electron chi connectivity index (χ1n) is 6.66. The third kappa shape index (κ3) is 4.10. The number of benzene rings is 1. The van der Waals surface area contributed by atoms with Crippen molar-refractivity contribution in [1.82, 2.24) is 10.4 Å². The standard InChI is InChI=1S/C14H17F3N2O2/c1-21-11-4-2-3-10(9-11)5-6-12(14(15,16)17)19-8-7-13(20)18-19/h2-4,9,12H,5-8H2,1H3,(H,18,20). The van der Waals surface area contributed by atoms with E-state index in [1.807, 2.05) is 0 Å². The zero-order chi connectivity index (χ0) is 15.5. The summed E-state index contributed by atoms with van der Waals surface area (Å²) in [6, 6.07) is 5.30. The topological polar surface area (TPSA) is 41.6 Å². The van der Waals surface area contributed by atoms with Crippen LogP contribution in [0.3, 0.4) is 0 Å². The minimum absolute atomic E-state index is 0.0844. The Balaban J connectivity index is 2.03. The Bertz CT molecular complexity index is 505. The zero-order valence-electron chi connectivity index (χ0n) is 11.6. The number of carbonyl (C=O) groups excluding carboxylic acids is 1. The van der Waals surface area contributed by atoms with Gasteiger partial charge in [-0.3, -0.25) is 10.2 Å². The molecule has 1 amide bonds. The molecule has 0 aromatic heterocycles. The number of methoxy groups -OCH3 is 1. The minimum Gasteiger partial charge on any atom is -0.497 e. The Morgan fingerprint density at radius 2 is 2.19 bits per heavy atom. The molecule has 1 unspecified atom stereocenters. The van der Waals surface area contributed by atoms with E-state index >= 15 is 0 Å². The average Bonchev–Trinajstić information content (AvgIpc) is 2.84. The van der Waals surface area contributed by atoms with E-state index in [9.17, 15) is 18.0 Å². The maximum Gasteiger partial charge on any atom is 0.405 e. The number of nitrogens with one attached hydrogen (secondary N) is 1. The normalized spacial score (nSPS) is 17.6. The fourth-order valence-electron chi connectivity index (χ4n) is 2.36. The molecular formula is C14H17F3N2O2. The van der Waals surface area contributed by atoms with Crippen LogP contribution in [0.1, 0.15) is 18.4 Å². The summed E-state index contributed by atoms with van der Waals surface area (Å²) in [6.07, 6.45) is -4.13. The first kappa shape index (κ1) is 15.6. The van der Waals surface area contributed by atoms with Crippen LogP contribution in [0.25, 0.3) is 0 Å². The maximum atomic E-state index is 13.1. The molecule has 1 aromatic carbocycles. The molecule has 1 fully saturated rings. The van der Waals surface area contributed by atoms with Crippen LogP contribution in [0, 0.1) is 0 Å². The molecule has 7 heteroatoms. The third-order valence-corrected chi connectivity index (χ3v) is 3.44. The molecule has 0 radical (unpaired) electrons. The summed E-state index contributed by atoms with van der Waals surface area (Å²) in [4.78, 5) is 11.1. The van der Waals surface area contributed by atoms with Gasteiger partial charge in [0.2, 0.25) is 5.91 Å². The van der Waals surface area contributed by atoms with Crippen LogP contribution < -0.4 is 10.2 Å². The van der Waals surface area contributed by atoms with E-state index in [0.717, 1.165) is 10.6 Å². The molecule has 1 atom stereocenters. The Morgan fingerprint density at radius 3 is 2.76 bits per heavy atom. The number of halogens is 3. The second-order valence-electron chi connectivity index (χ2n) is 4.93. The fraction of sp³-hybridized carbons (Fsp3) is 0.500. The van der Waals surface area contributed by atoms with Gasteiger partial charge in [-0.2, -0.15) is 13.2 Å². The lowest BCUT2D eigenvalue weighted by molar-refractivity contribution is -0.189. The Kier molecular flexibility index (Phi) is 4.72. The highest BCUT2D eigenvalue weighted by atomic mass is 19.4. The lowest BCUT2D eigenvalue weighted by atomic mass is 10.0. The number of amides is 1. The van der Waals surface area contributed by atoms with E-state index in [2.05, 4.69) is 5.43 Å². The SMILES string of the molecule is COc1cccc(CCC(N2CCC(=O)N2)C(F)(F)F)c1. The van der Waals surface area contributed by atoms with Crippen molar-refractivity contribution in [2.24, 2.45) is 0 Å². The Morgan fingerprint density at radius 1 is 1.43 bits per heavy atom. The molecule has 4 nitrogen and oxygen atoms in total. The molecule has 2 rings (SSSR count). The van der Waals surface area contributed by atoms with Gasteiger partial charge in [0.05, 0.1) is 7.11 Å². The van der Waals surface area contributed by atoms with E-state index < -0.39 is 12.2 Å². The molecule has 1 aliphatic heterocycles. The molecule has 0 saturated carbocycles. The van der Waals surface area contributed by atoms with Crippen molar-refractivity contribution in [3.05, 3.63) is 29.8 Å². The molecule has 0 spiro atoms. The predicted octanol–water partition coefficient (Wildman–Crippen LogP) is 2.30. The second kappa shape index (κ2) is 6.34. The first-order chi connectivity index (χ1) is 9.90. The molecule has 1 saturated heterocycles. The number of ether oxygens (including phenoxy) is 1. The number of nitrogens with zero attached hydrogens (tertiary/aromatic N) is 1. The maximum absolute atomic E-state index is 13.1. The van der Waals surface area contributed by atoms with Gasteiger partial charge in [0.1, 0.15) is 11.8 Å². The fourth-order valence-corrected chi connectivity index (χ4v) is 2.36. The van der Waals surface area contributed by atoms with Gasteiger partial charge in [-0.25, -0.2) is 5.01 Å². The number of hydrogen-bond acceptors (Lipinski definition) is 3. The number of aryl methyl sites for hydroxylation is 1. The lowest BCUT2D eigenvalue weighted by Gasteiger charge is -2.28. The number of carbonyl (C=O) groups is 1. The minimum atomic E-state index is -4.38. The zero-order valence-corrected chi connectivity index (χ0v) is 11.6. The van der Waals surface area contributed by atoms with Crippen LogP contribution in [0.15, 0.2) is 24.3 Å². The molecule has 1 heterocycles. The van der Waals surface area contributed by atoms with E-state index in [0.29, 0.717) is 5.75 Å². The van der Waals surface area contributed by atoms with Crippen LogP contribution in [-0.4, -0.2) is 36.8 Å².